The lowest BCUT2D eigenvalue weighted by Gasteiger charge is -2.06. The van der Waals surface area contributed by atoms with Crippen LogP contribution >= 0.6 is 0 Å². The van der Waals surface area contributed by atoms with Gasteiger partial charge in [0, 0.05) is 0 Å². The van der Waals surface area contributed by atoms with Gasteiger partial charge in [-0.15, -0.1) is 5.92 Å². The first-order valence-corrected chi connectivity index (χ1v) is 3.35. The first-order chi connectivity index (χ1) is 4.16. The Bertz CT molecular complexity index is 155. The SMILES string of the molecule is CC#CC(C)OS(=O)[O-]. The highest BCUT2D eigenvalue weighted by Crippen LogP contribution is 1.88. The lowest BCUT2D eigenvalue weighted by atomic mass is 10.4. The van der Waals surface area contributed by atoms with Gasteiger partial charge in [-0.2, -0.15) is 0 Å². The van der Waals surface area contributed by atoms with Crippen LogP contribution in [0.15, 0.2) is 0 Å². The zero-order chi connectivity index (χ0) is 7.28. The summed E-state index contributed by atoms with van der Waals surface area (Å²) < 4.78 is 23.8. The molecule has 0 aromatic heterocycles. The molecule has 0 aromatic carbocycles. The third kappa shape index (κ3) is 5.50. The fourth-order valence-electron chi connectivity index (χ4n) is 0.345. The second-order valence-electron chi connectivity index (χ2n) is 1.34. The van der Waals surface area contributed by atoms with E-state index < -0.39 is 17.5 Å². The van der Waals surface area contributed by atoms with Crippen molar-refractivity contribution < 1.29 is 12.9 Å². The summed E-state index contributed by atoms with van der Waals surface area (Å²) in [5.41, 5.74) is 0. The molecule has 3 nitrogen and oxygen atoms in total. The Morgan fingerprint density at radius 1 is 1.78 bits per heavy atom. The standard InChI is InChI=1S/C5H8O3S/c1-3-4-5(2)8-9(6)7/h5H,1-2H3,(H,6,7)/p-1. The molecule has 0 N–H and O–H groups in total. The van der Waals surface area contributed by atoms with Gasteiger partial charge in [-0.05, 0) is 13.8 Å². The quantitative estimate of drug-likeness (QED) is 0.414. The molecule has 0 fully saturated rings. The highest BCUT2D eigenvalue weighted by atomic mass is 32.2. The van der Waals surface area contributed by atoms with E-state index in [1.165, 1.54) is 0 Å². The molecule has 0 saturated heterocycles. The molecule has 4 heteroatoms. The van der Waals surface area contributed by atoms with Crippen molar-refractivity contribution >= 4 is 11.4 Å². The van der Waals surface area contributed by atoms with Crippen LogP contribution in [0.25, 0.3) is 0 Å². The molecule has 0 radical (unpaired) electrons. The summed E-state index contributed by atoms with van der Waals surface area (Å²) in [5.74, 6) is 5.04. The fraction of sp³-hybridized carbons (Fsp3) is 0.600. The molecule has 0 rings (SSSR count). The van der Waals surface area contributed by atoms with Crippen molar-refractivity contribution in [3.8, 4) is 11.8 Å². The van der Waals surface area contributed by atoms with E-state index in [4.69, 9.17) is 0 Å². The van der Waals surface area contributed by atoms with E-state index in [2.05, 4.69) is 16.0 Å². The van der Waals surface area contributed by atoms with E-state index >= 15 is 0 Å². The van der Waals surface area contributed by atoms with Gasteiger partial charge < -0.3 is 4.55 Å². The molecule has 0 aliphatic rings. The fourth-order valence-corrected chi connectivity index (χ4v) is 0.629. The van der Waals surface area contributed by atoms with Crippen molar-refractivity contribution in [3.63, 3.8) is 0 Å². The van der Waals surface area contributed by atoms with Gasteiger partial charge in [-0.1, -0.05) is 5.92 Å². The Kier molecular flexibility index (Phi) is 4.32. The highest BCUT2D eigenvalue weighted by molar-refractivity contribution is 7.74. The van der Waals surface area contributed by atoms with Crippen molar-refractivity contribution in [2.75, 3.05) is 0 Å². The average Bonchev–Trinajstić information content (AvgIpc) is 1.63. The first-order valence-electron chi connectivity index (χ1n) is 2.35. The van der Waals surface area contributed by atoms with Crippen LogP contribution in [0.1, 0.15) is 13.8 Å². The molecular formula is C5H7O3S-. The van der Waals surface area contributed by atoms with Crippen molar-refractivity contribution in [1.82, 2.24) is 0 Å². The largest absolute Gasteiger partial charge is 0.750 e. The smallest absolute Gasteiger partial charge is 0.131 e. The van der Waals surface area contributed by atoms with Gasteiger partial charge in [0.25, 0.3) is 0 Å². The maximum absolute atomic E-state index is 9.79. The zero-order valence-electron chi connectivity index (χ0n) is 5.21. The molecule has 9 heavy (non-hydrogen) atoms. The van der Waals surface area contributed by atoms with Gasteiger partial charge in [-0.25, -0.2) is 4.21 Å². The normalized spacial score (nSPS) is 15.4. The molecule has 0 aliphatic heterocycles. The molecule has 0 heterocycles. The van der Waals surface area contributed by atoms with Crippen molar-refractivity contribution in [2.24, 2.45) is 0 Å². The lowest BCUT2D eigenvalue weighted by Crippen LogP contribution is -2.06. The third-order valence-electron chi connectivity index (χ3n) is 0.571. The number of rotatable bonds is 2. The molecule has 0 bridgehead atoms. The van der Waals surface area contributed by atoms with Crippen molar-refractivity contribution in [1.29, 1.82) is 0 Å². The van der Waals surface area contributed by atoms with Crippen LogP contribution in [0.3, 0.4) is 0 Å². The van der Waals surface area contributed by atoms with E-state index in [9.17, 15) is 8.76 Å². The minimum absolute atomic E-state index is 0.534. The van der Waals surface area contributed by atoms with E-state index in [1.807, 2.05) is 0 Å². The van der Waals surface area contributed by atoms with Gasteiger partial charge in [0.1, 0.15) is 6.10 Å². The van der Waals surface area contributed by atoms with Gasteiger partial charge in [0.2, 0.25) is 0 Å². The monoisotopic (exact) mass is 147 g/mol. The number of hydrogen-bond donors (Lipinski definition) is 0. The van der Waals surface area contributed by atoms with Crippen LogP contribution in [0, 0.1) is 11.8 Å². The predicted molar refractivity (Wildman–Crippen MR) is 32.9 cm³/mol. The molecule has 2 unspecified atom stereocenters. The Labute approximate surface area is 56.9 Å². The van der Waals surface area contributed by atoms with Gasteiger partial charge in [0.05, 0.1) is 11.4 Å². The molecule has 0 aliphatic carbocycles. The van der Waals surface area contributed by atoms with Gasteiger partial charge in [-0.3, -0.25) is 4.18 Å². The van der Waals surface area contributed by atoms with Crippen molar-refractivity contribution in [3.05, 3.63) is 0 Å². The minimum Gasteiger partial charge on any atom is -0.750 e. The molecule has 0 saturated carbocycles. The Morgan fingerprint density at radius 3 is 2.67 bits per heavy atom. The maximum atomic E-state index is 9.79. The average molecular weight is 147 g/mol. The molecule has 2 atom stereocenters. The molecule has 52 valence electrons. The maximum Gasteiger partial charge on any atom is 0.131 e. The number of hydrogen-bond acceptors (Lipinski definition) is 3. The van der Waals surface area contributed by atoms with Gasteiger partial charge in [0.15, 0.2) is 0 Å². The Hall–Kier alpha value is -0.370. The second kappa shape index (κ2) is 4.50. The van der Waals surface area contributed by atoms with Crippen LogP contribution in [-0.2, 0) is 15.5 Å². The Balaban J connectivity index is 3.59. The molecule has 0 spiro atoms. The van der Waals surface area contributed by atoms with E-state index in [0.29, 0.717) is 0 Å². The zero-order valence-corrected chi connectivity index (χ0v) is 6.03. The lowest BCUT2D eigenvalue weighted by molar-refractivity contribution is 0.269. The van der Waals surface area contributed by atoms with Crippen LogP contribution in [-0.4, -0.2) is 14.9 Å². The van der Waals surface area contributed by atoms with Gasteiger partial charge >= 0.3 is 0 Å². The first kappa shape index (κ1) is 8.63. The van der Waals surface area contributed by atoms with Crippen LogP contribution in [0.2, 0.25) is 0 Å². The van der Waals surface area contributed by atoms with E-state index in [1.54, 1.807) is 13.8 Å². The highest BCUT2D eigenvalue weighted by Gasteiger charge is 1.93. The predicted octanol–water partition coefficient (Wildman–Crippen LogP) is 0.209. The van der Waals surface area contributed by atoms with Crippen LogP contribution in [0.4, 0.5) is 0 Å². The summed E-state index contributed by atoms with van der Waals surface area (Å²) >= 11 is -2.45. The topological polar surface area (TPSA) is 49.4 Å². The molecule has 0 amide bonds. The van der Waals surface area contributed by atoms with Crippen LogP contribution in [0.5, 0.6) is 0 Å². The molecule has 0 aromatic rings. The Morgan fingerprint density at radius 2 is 2.33 bits per heavy atom. The summed E-state index contributed by atoms with van der Waals surface area (Å²) in [6.07, 6.45) is -0.534. The summed E-state index contributed by atoms with van der Waals surface area (Å²) in [7, 11) is 0. The van der Waals surface area contributed by atoms with Crippen LogP contribution < -0.4 is 0 Å². The summed E-state index contributed by atoms with van der Waals surface area (Å²) in [6, 6.07) is 0. The molecular weight excluding hydrogens is 140 g/mol. The van der Waals surface area contributed by atoms with E-state index in [-0.39, 0.29) is 0 Å². The second-order valence-corrected chi connectivity index (χ2v) is 1.94. The van der Waals surface area contributed by atoms with E-state index in [0.717, 1.165) is 0 Å². The third-order valence-corrected chi connectivity index (χ3v) is 1.02. The summed E-state index contributed by atoms with van der Waals surface area (Å²) in [4.78, 5) is 0. The summed E-state index contributed by atoms with van der Waals surface area (Å²) in [6.45, 7) is 3.18. The summed E-state index contributed by atoms with van der Waals surface area (Å²) in [5, 5.41) is 0. The van der Waals surface area contributed by atoms with Crippen molar-refractivity contribution in [2.45, 2.75) is 20.0 Å². The minimum atomic E-state index is -2.45.